The summed E-state index contributed by atoms with van der Waals surface area (Å²) >= 11 is 0. The first kappa shape index (κ1) is 25.6. The molecule has 0 aliphatic heterocycles. The Balaban J connectivity index is 0.000000231. The van der Waals surface area contributed by atoms with Gasteiger partial charge >= 0.3 is 12.2 Å². The lowest BCUT2D eigenvalue weighted by Crippen LogP contribution is -2.07. The number of methoxy groups -OCH3 is 2. The molecule has 4 aromatic rings. The van der Waals surface area contributed by atoms with E-state index in [1.54, 1.807) is 24.0 Å². The number of aromatic nitrogens is 5. The van der Waals surface area contributed by atoms with Gasteiger partial charge in [0.2, 0.25) is 5.88 Å². The predicted molar refractivity (Wildman–Crippen MR) is 126 cm³/mol. The summed E-state index contributed by atoms with van der Waals surface area (Å²) in [6, 6.07) is 6.18. The number of ether oxygens (including phenoxy) is 2. The fourth-order valence-corrected chi connectivity index (χ4v) is 3.24. The van der Waals surface area contributed by atoms with Crippen molar-refractivity contribution in [3.63, 3.8) is 0 Å². The fraction of sp³-hybridized carbons (Fsp3) is 0.273. The third-order valence-corrected chi connectivity index (χ3v) is 4.97. The molecule has 0 radical (unpaired) electrons. The standard InChI is InChI=1S/C15H15N5O2.C7H4F4.HI/c1-21-14-11(8-17-15(18-14)22-2)12-7-10(9-3-4-9)13-16-5-6-20(13)19-12;8-6-4-2-1-3-5(6)7(9,10)11;/h5-9H,3-4H2,1-2H3;1-4H;1H. The molecule has 0 amide bonds. The minimum atomic E-state index is -4.59. The lowest BCUT2D eigenvalue weighted by molar-refractivity contribution is -0.140. The van der Waals surface area contributed by atoms with Crippen LogP contribution >= 0.6 is 24.0 Å². The molecule has 0 spiro atoms. The maximum atomic E-state index is 12.4. The Morgan fingerprint density at radius 2 is 1.79 bits per heavy atom. The number of hydrogen-bond acceptors (Lipinski definition) is 6. The largest absolute Gasteiger partial charge is 0.480 e. The molecule has 1 saturated carbocycles. The van der Waals surface area contributed by atoms with Gasteiger partial charge in [-0.2, -0.15) is 23.3 Å². The second kappa shape index (κ2) is 10.5. The lowest BCUT2D eigenvalue weighted by atomic mass is 10.1. The summed E-state index contributed by atoms with van der Waals surface area (Å²) in [5.74, 6) is -0.225. The van der Waals surface area contributed by atoms with Crippen LogP contribution in [-0.2, 0) is 6.18 Å². The average Bonchev–Trinajstić information content (AvgIpc) is 3.54. The van der Waals surface area contributed by atoms with Crippen molar-refractivity contribution in [1.82, 2.24) is 24.6 Å². The van der Waals surface area contributed by atoms with E-state index in [0.717, 1.165) is 29.0 Å². The normalized spacial score (nSPS) is 13.0. The van der Waals surface area contributed by atoms with Crippen LogP contribution in [0.25, 0.3) is 16.9 Å². The summed E-state index contributed by atoms with van der Waals surface area (Å²) in [5, 5.41) is 4.59. The quantitative estimate of drug-likeness (QED) is 0.230. The predicted octanol–water partition coefficient (Wildman–Crippen LogP) is 5.54. The molecule has 180 valence electrons. The fourth-order valence-electron chi connectivity index (χ4n) is 3.24. The van der Waals surface area contributed by atoms with Gasteiger partial charge in [-0.1, -0.05) is 12.1 Å². The summed E-state index contributed by atoms with van der Waals surface area (Å²) in [6.07, 6.45) is 3.09. The van der Waals surface area contributed by atoms with E-state index in [2.05, 4.69) is 26.1 Å². The highest BCUT2D eigenvalue weighted by Gasteiger charge is 2.33. The molecule has 3 aromatic heterocycles. The summed E-state index contributed by atoms with van der Waals surface area (Å²) < 4.78 is 60.0. The van der Waals surface area contributed by atoms with Gasteiger partial charge in [-0.15, -0.1) is 24.0 Å². The molecule has 0 unspecified atom stereocenters. The van der Waals surface area contributed by atoms with Crippen molar-refractivity contribution in [2.24, 2.45) is 0 Å². The monoisotopic (exact) mass is 589 g/mol. The zero-order chi connectivity index (χ0) is 23.6. The van der Waals surface area contributed by atoms with Gasteiger partial charge in [-0.05, 0) is 37.0 Å². The van der Waals surface area contributed by atoms with Gasteiger partial charge in [0, 0.05) is 24.2 Å². The van der Waals surface area contributed by atoms with Crippen LogP contribution in [-0.4, -0.2) is 38.8 Å². The van der Waals surface area contributed by atoms with E-state index < -0.39 is 17.6 Å². The Bertz CT molecular complexity index is 1280. The number of halogens is 5. The molecular formula is C22H20F4IN5O2. The molecule has 1 aromatic carbocycles. The summed E-state index contributed by atoms with van der Waals surface area (Å²) in [5.41, 5.74) is 2.42. The van der Waals surface area contributed by atoms with E-state index in [4.69, 9.17) is 9.47 Å². The van der Waals surface area contributed by atoms with Crippen molar-refractivity contribution in [2.45, 2.75) is 24.9 Å². The molecule has 3 heterocycles. The number of fused-ring (bicyclic) bond motifs is 1. The first-order valence-corrected chi connectivity index (χ1v) is 9.93. The molecule has 0 atom stereocenters. The van der Waals surface area contributed by atoms with Crippen molar-refractivity contribution in [1.29, 1.82) is 0 Å². The molecule has 1 fully saturated rings. The Morgan fingerprint density at radius 1 is 1.06 bits per heavy atom. The number of imidazole rings is 1. The number of rotatable bonds is 4. The molecule has 1 aliphatic rings. The first-order valence-electron chi connectivity index (χ1n) is 9.93. The van der Waals surface area contributed by atoms with E-state index in [1.807, 2.05) is 6.20 Å². The number of nitrogens with zero attached hydrogens (tertiary/aromatic N) is 5. The van der Waals surface area contributed by atoms with Crippen LogP contribution in [0.4, 0.5) is 17.6 Å². The summed E-state index contributed by atoms with van der Waals surface area (Å²) in [4.78, 5) is 12.8. The van der Waals surface area contributed by atoms with Crippen molar-refractivity contribution in [2.75, 3.05) is 14.2 Å². The van der Waals surface area contributed by atoms with Crippen LogP contribution in [0.1, 0.15) is 29.9 Å². The highest BCUT2D eigenvalue weighted by atomic mass is 127. The van der Waals surface area contributed by atoms with Crippen LogP contribution in [0.2, 0.25) is 0 Å². The van der Waals surface area contributed by atoms with Crippen molar-refractivity contribution in [3.8, 4) is 23.1 Å². The lowest BCUT2D eigenvalue weighted by Gasteiger charge is -2.10. The number of hydrogen-bond donors (Lipinski definition) is 0. The molecular weight excluding hydrogens is 569 g/mol. The van der Waals surface area contributed by atoms with Crippen molar-refractivity contribution < 1.29 is 27.0 Å². The smallest absolute Gasteiger partial charge is 0.419 e. The van der Waals surface area contributed by atoms with Gasteiger partial charge in [0.1, 0.15) is 5.82 Å². The second-order valence-electron chi connectivity index (χ2n) is 7.21. The number of alkyl halides is 3. The van der Waals surface area contributed by atoms with Crippen LogP contribution in [0.5, 0.6) is 11.9 Å². The molecule has 5 rings (SSSR count). The average molecular weight is 589 g/mol. The molecule has 12 heteroatoms. The minimum absolute atomic E-state index is 0. The van der Waals surface area contributed by atoms with Gasteiger partial charge in [0.05, 0.1) is 31.0 Å². The Labute approximate surface area is 209 Å². The molecule has 0 N–H and O–H groups in total. The second-order valence-corrected chi connectivity index (χ2v) is 7.21. The highest BCUT2D eigenvalue weighted by molar-refractivity contribution is 14.0. The van der Waals surface area contributed by atoms with Crippen LogP contribution < -0.4 is 9.47 Å². The van der Waals surface area contributed by atoms with Crippen LogP contribution in [0.15, 0.2) is 48.9 Å². The van der Waals surface area contributed by atoms with E-state index in [-0.39, 0.29) is 30.0 Å². The Hall–Kier alpha value is -3.03. The molecule has 1 aliphatic carbocycles. The molecule has 0 bridgehead atoms. The molecule has 34 heavy (non-hydrogen) atoms. The molecule has 0 saturated heterocycles. The maximum Gasteiger partial charge on any atom is 0.419 e. The van der Waals surface area contributed by atoms with Crippen molar-refractivity contribution >= 4 is 29.6 Å². The van der Waals surface area contributed by atoms with Crippen LogP contribution in [0.3, 0.4) is 0 Å². The van der Waals surface area contributed by atoms with Gasteiger partial charge in [-0.25, -0.2) is 18.9 Å². The van der Waals surface area contributed by atoms with E-state index >= 15 is 0 Å². The summed E-state index contributed by atoms with van der Waals surface area (Å²) in [7, 11) is 3.10. The van der Waals surface area contributed by atoms with Crippen LogP contribution in [0, 0.1) is 5.82 Å². The van der Waals surface area contributed by atoms with Gasteiger partial charge in [0.15, 0.2) is 5.65 Å². The van der Waals surface area contributed by atoms with Gasteiger partial charge < -0.3 is 9.47 Å². The van der Waals surface area contributed by atoms with Crippen molar-refractivity contribution in [3.05, 3.63) is 65.9 Å². The third-order valence-electron chi connectivity index (χ3n) is 4.97. The number of benzene rings is 1. The van der Waals surface area contributed by atoms with Gasteiger partial charge in [-0.3, -0.25) is 0 Å². The topological polar surface area (TPSA) is 74.4 Å². The third kappa shape index (κ3) is 5.54. The van der Waals surface area contributed by atoms with Gasteiger partial charge in [0.25, 0.3) is 0 Å². The summed E-state index contributed by atoms with van der Waals surface area (Å²) in [6.45, 7) is 0. The van der Waals surface area contributed by atoms with E-state index in [1.165, 1.54) is 31.6 Å². The first-order chi connectivity index (χ1) is 15.8. The SMILES string of the molecule is COc1ncc(-c2cc(C3CC3)c3nccn3n2)c(OC)n1.Fc1ccccc1C(F)(F)F.I. The van der Waals surface area contributed by atoms with E-state index in [0.29, 0.717) is 17.9 Å². The Kier molecular flexibility index (Phi) is 7.89. The van der Waals surface area contributed by atoms with E-state index in [9.17, 15) is 17.6 Å². The molecule has 7 nitrogen and oxygen atoms in total. The Morgan fingerprint density at radius 3 is 2.38 bits per heavy atom. The minimum Gasteiger partial charge on any atom is -0.480 e. The zero-order valence-electron chi connectivity index (χ0n) is 18.1. The maximum absolute atomic E-state index is 12.4. The highest BCUT2D eigenvalue weighted by Crippen LogP contribution is 2.43. The zero-order valence-corrected chi connectivity index (χ0v) is 20.4.